The van der Waals surface area contributed by atoms with Crippen LogP contribution in [0, 0.1) is 0 Å². The lowest BCUT2D eigenvalue weighted by atomic mass is 10.0. The van der Waals surface area contributed by atoms with Gasteiger partial charge in [0.2, 0.25) is 0 Å². The molecule has 1 nitrogen and oxygen atoms in total. The summed E-state index contributed by atoms with van der Waals surface area (Å²) in [5, 5.41) is 5.06. The first-order valence-electron chi connectivity index (χ1n) is 5.30. The molecule has 0 aromatic heterocycles. The van der Waals surface area contributed by atoms with Gasteiger partial charge in [0.05, 0.1) is 0 Å². The first-order chi connectivity index (χ1) is 7.16. The summed E-state index contributed by atoms with van der Waals surface area (Å²) in [6, 6.07) is 9.17. The summed E-state index contributed by atoms with van der Waals surface area (Å²) in [5.41, 5.74) is 1.30. The minimum absolute atomic E-state index is 0.428. The molecule has 15 heavy (non-hydrogen) atoms. The van der Waals surface area contributed by atoms with Gasteiger partial charge in [-0.2, -0.15) is 11.8 Å². The summed E-state index contributed by atoms with van der Waals surface area (Å²) in [7, 11) is 0. The molecule has 1 saturated heterocycles. The van der Waals surface area contributed by atoms with Gasteiger partial charge in [0.1, 0.15) is 0 Å². The number of rotatable bonds is 1. The number of hydrogen-bond donors (Lipinski definition) is 1. The van der Waals surface area contributed by atoms with Gasteiger partial charge in [-0.25, -0.2) is 0 Å². The van der Waals surface area contributed by atoms with E-state index in [9.17, 15) is 0 Å². The maximum absolute atomic E-state index is 6.01. The lowest BCUT2D eigenvalue weighted by Crippen LogP contribution is -2.41. The molecule has 1 fully saturated rings. The zero-order valence-electron chi connectivity index (χ0n) is 9.03. The molecule has 3 atom stereocenters. The van der Waals surface area contributed by atoms with Gasteiger partial charge in [0.25, 0.3) is 0 Å². The van der Waals surface area contributed by atoms with Crippen LogP contribution in [0.1, 0.15) is 25.5 Å². The Morgan fingerprint density at radius 1 is 1.40 bits per heavy atom. The van der Waals surface area contributed by atoms with E-state index >= 15 is 0 Å². The van der Waals surface area contributed by atoms with Crippen LogP contribution in [0.2, 0.25) is 5.02 Å². The predicted molar refractivity (Wildman–Crippen MR) is 68.7 cm³/mol. The molecular weight excluding hydrogens is 226 g/mol. The van der Waals surface area contributed by atoms with E-state index < -0.39 is 0 Å². The van der Waals surface area contributed by atoms with E-state index in [1.54, 1.807) is 0 Å². The van der Waals surface area contributed by atoms with Gasteiger partial charge in [-0.15, -0.1) is 0 Å². The summed E-state index contributed by atoms with van der Waals surface area (Å²) < 4.78 is 0. The standard InChI is InChI=1S/C12H16ClNS/c1-8-7-15-9(2)12(14-8)10-4-3-5-11(13)6-10/h3-6,8-9,12,14H,7H2,1-2H3. The van der Waals surface area contributed by atoms with Crippen LogP contribution in [0.3, 0.4) is 0 Å². The summed E-state index contributed by atoms with van der Waals surface area (Å²) in [4.78, 5) is 0. The van der Waals surface area contributed by atoms with Crippen molar-refractivity contribution in [3.63, 3.8) is 0 Å². The Hall–Kier alpha value is -0.180. The third kappa shape index (κ3) is 2.68. The Labute approximate surface area is 101 Å². The molecule has 82 valence electrons. The van der Waals surface area contributed by atoms with Crippen molar-refractivity contribution in [2.24, 2.45) is 0 Å². The fourth-order valence-corrected chi connectivity index (χ4v) is 3.27. The van der Waals surface area contributed by atoms with Gasteiger partial charge in [-0.3, -0.25) is 0 Å². The third-order valence-corrected chi connectivity index (χ3v) is 4.48. The van der Waals surface area contributed by atoms with Crippen molar-refractivity contribution < 1.29 is 0 Å². The quantitative estimate of drug-likeness (QED) is 0.808. The molecule has 1 N–H and O–H groups in total. The predicted octanol–water partition coefficient (Wildman–Crippen LogP) is 3.49. The van der Waals surface area contributed by atoms with Crippen molar-refractivity contribution in [3.05, 3.63) is 34.9 Å². The highest BCUT2D eigenvalue weighted by Crippen LogP contribution is 2.32. The van der Waals surface area contributed by atoms with Crippen LogP contribution in [-0.4, -0.2) is 17.0 Å². The molecule has 2 rings (SSSR count). The molecule has 3 heteroatoms. The molecule has 0 spiro atoms. The van der Waals surface area contributed by atoms with Crippen molar-refractivity contribution >= 4 is 23.4 Å². The summed E-state index contributed by atoms with van der Waals surface area (Å²) in [6.45, 7) is 4.51. The van der Waals surface area contributed by atoms with E-state index in [-0.39, 0.29) is 0 Å². The monoisotopic (exact) mass is 241 g/mol. The molecular formula is C12H16ClNS. The lowest BCUT2D eigenvalue weighted by molar-refractivity contribution is 0.461. The van der Waals surface area contributed by atoms with E-state index in [0.29, 0.717) is 17.3 Å². The molecule has 0 saturated carbocycles. The number of benzene rings is 1. The van der Waals surface area contributed by atoms with Crippen molar-refractivity contribution in [3.8, 4) is 0 Å². The molecule has 1 aromatic carbocycles. The van der Waals surface area contributed by atoms with Gasteiger partial charge in [0.15, 0.2) is 0 Å². The van der Waals surface area contributed by atoms with Gasteiger partial charge in [-0.05, 0) is 24.6 Å². The summed E-state index contributed by atoms with van der Waals surface area (Å²) in [6.07, 6.45) is 0. The molecule has 0 bridgehead atoms. The van der Waals surface area contributed by atoms with Crippen molar-refractivity contribution in [1.82, 2.24) is 5.32 Å². The lowest BCUT2D eigenvalue weighted by Gasteiger charge is -2.34. The summed E-state index contributed by atoms with van der Waals surface area (Å²) >= 11 is 8.04. The minimum Gasteiger partial charge on any atom is -0.306 e. The topological polar surface area (TPSA) is 12.0 Å². The van der Waals surface area contributed by atoms with E-state index in [4.69, 9.17) is 11.6 Å². The average Bonchev–Trinajstić information content (AvgIpc) is 2.22. The Bertz CT molecular complexity index is 342. The van der Waals surface area contributed by atoms with Crippen LogP contribution in [0.25, 0.3) is 0 Å². The largest absolute Gasteiger partial charge is 0.306 e. The second-order valence-electron chi connectivity index (χ2n) is 4.14. The molecule has 0 radical (unpaired) electrons. The van der Waals surface area contributed by atoms with E-state index in [0.717, 1.165) is 5.02 Å². The molecule has 1 heterocycles. The fourth-order valence-electron chi connectivity index (χ4n) is 1.95. The zero-order chi connectivity index (χ0) is 10.8. The van der Waals surface area contributed by atoms with Crippen LogP contribution in [0.4, 0.5) is 0 Å². The highest BCUT2D eigenvalue weighted by atomic mass is 35.5. The van der Waals surface area contributed by atoms with Gasteiger partial charge < -0.3 is 5.32 Å². The van der Waals surface area contributed by atoms with Crippen LogP contribution in [-0.2, 0) is 0 Å². The molecule has 0 amide bonds. The molecule has 1 aromatic rings. The van der Waals surface area contributed by atoms with Gasteiger partial charge in [-0.1, -0.05) is 30.7 Å². The number of halogens is 1. The van der Waals surface area contributed by atoms with Crippen LogP contribution >= 0.6 is 23.4 Å². The second kappa shape index (κ2) is 4.77. The van der Waals surface area contributed by atoms with Crippen LogP contribution < -0.4 is 5.32 Å². The SMILES string of the molecule is CC1CSC(C)C(c2cccc(Cl)c2)N1. The van der Waals surface area contributed by atoms with Crippen molar-refractivity contribution in [1.29, 1.82) is 0 Å². The minimum atomic E-state index is 0.428. The molecule has 3 unspecified atom stereocenters. The Morgan fingerprint density at radius 2 is 2.20 bits per heavy atom. The van der Waals surface area contributed by atoms with Crippen LogP contribution in [0.5, 0.6) is 0 Å². The highest BCUT2D eigenvalue weighted by Gasteiger charge is 2.26. The zero-order valence-corrected chi connectivity index (χ0v) is 10.6. The van der Waals surface area contributed by atoms with Crippen LogP contribution in [0.15, 0.2) is 24.3 Å². The maximum Gasteiger partial charge on any atom is 0.0440 e. The summed E-state index contributed by atoms with van der Waals surface area (Å²) in [5.74, 6) is 1.19. The first kappa shape index (κ1) is 11.3. The van der Waals surface area contributed by atoms with Crippen molar-refractivity contribution in [2.45, 2.75) is 31.2 Å². The molecule has 1 aliphatic rings. The number of hydrogen-bond acceptors (Lipinski definition) is 2. The molecule has 0 aliphatic carbocycles. The van der Waals surface area contributed by atoms with Gasteiger partial charge >= 0.3 is 0 Å². The smallest absolute Gasteiger partial charge is 0.0440 e. The second-order valence-corrected chi connectivity index (χ2v) is 5.99. The third-order valence-electron chi connectivity index (χ3n) is 2.75. The average molecular weight is 242 g/mol. The Kier molecular flexibility index (Phi) is 3.60. The maximum atomic E-state index is 6.01. The van der Waals surface area contributed by atoms with Crippen molar-refractivity contribution in [2.75, 3.05) is 5.75 Å². The van der Waals surface area contributed by atoms with E-state index in [2.05, 4.69) is 31.3 Å². The normalized spacial score (nSPS) is 31.5. The highest BCUT2D eigenvalue weighted by molar-refractivity contribution is 8.00. The molecule has 1 aliphatic heterocycles. The number of nitrogens with one attached hydrogen (secondary N) is 1. The Morgan fingerprint density at radius 3 is 2.93 bits per heavy atom. The number of thioether (sulfide) groups is 1. The first-order valence-corrected chi connectivity index (χ1v) is 6.72. The van der Waals surface area contributed by atoms with Gasteiger partial charge in [0, 0.05) is 28.1 Å². The van der Waals surface area contributed by atoms with E-state index in [1.807, 2.05) is 23.9 Å². The van der Waals surface area contributed by atoms with E-state index in [1.165, 1.54) is 11.3 Å². The fraction of sp³-hybridized carbons (Fsp3) is 0.500. The Balaban J connectivity index is 2.21.